The number of hydrogen-bond acceptors (Lipinski definition) is 3. The Balaban J connectivity index is 3.19. The highest BCUT2D eigenvalue weighted by Crippen LogP contribution is 2.29. The third-order valence-corrected chi connectivity index (χ3v) is 3.77. The Hall–Kier alpha value is -0.720. The molecule has 0 radical (unpaired) electrons. The third-order valence-electron chi connectivity index (χ3n) is 2.14. The largest absolute Gasteiger partial charge is 0.479 e. The number of halogens is 2. The van der Waals surface area contributed by atoms with Crippen molar-refractivity contribution < 1.29 is 19.8 Å². The van der Waals surface area contributed by atoms with Gasteiger partial charge < -0.3 is 10.2 Å². The molecule has 17 heavy (non-hydrogen) atoms. The summed E-state index contributed by atoms with van der Waals surface area (Å²) >= 11 is 6.42. The first-order valence-electron chi connectivity index (χ1n) is 4.68. The zero-order valence-electron chi connectivity index (χ0n) is 8.85. The average Bonchev–Trinajstić information content (AvgIpc) is 2.25. The Kier molecular flexibility index (Phi) is 4.85. The molecule has 0 aromatic heterocycles. The van der Waals surface area contributed by atoms with Crippen LogP contribution < -0.4 is 0 Å². The highest BCUT2D eigenvalue weighted by Gasteiger charge is 2.20. The number of aliphatic hydroxyl groups is 1. The second-order valence-electron chi connectivity index (χ2n) is 3.53. The van der Waals surface area contributed by atoms with Crippen LogP contribution in [0, 0.1) is 0 Å². The summed E-state index contributed by atoms with van der Waals surface area (Å²) in [6.45, 7) is 1.42. The number of carbonyl (C=O) groups excluding carboxylic acids is 1. The van der Waals surface area contributed by atoms with Crippen molar-refractivity contribution in [2.24, 2.45) is 0 Å². The Labute approximate surface area is 115 Å². The molecule has 0 aliphatic rings. The van der Waals surface area contributed by atoms with Crippen molar-refractivity contribution in [3.05, 3.63) is 33.8 Å². The van der Waals surface area contributed by atoms with Crippen molar-refractivity contribution in [2.45, 2.75) is 17.9 Å². The normalized spacial score (nSPS) is 14.1. The summed E-state index contributed by atoms with van der Waals surface area (Å²) in [6, 6.07) is 4.69. The van der Waals surface area contributed by atoms with Crippen LogP contribution in [-0.4, -0.2) is 22.0 Å². The predicted octanol–water partition coefficient (Wildman–Crippen LogP) is 2.59. The second kappa shape index (κ2) is 5.75. The molecule has 0 saturated heterocycles. The molecule has 2 unspecified atom stereocenters. The van der Waals surface area contributed by atoms with Gasteiger partial charge in [0.15, 0.2) is 6.10 Å². The lowest BCUT2D eigenvalue weighted by Crippen LogP contribution is -2.11. The van der Waals surface area contributed by atoms with Crippen molar-refractivity contribution in [1.29, 1.82) is 0 Å². The van der Waals surface area contributed by atoms with Crippen LogP contribution in [0.25, 0.3) is 0 Å². The summed E-state index contributed by atoms with van der Waals surface area (Å²) in [4.78, 5) is 21.4. The lowest BCUT2D eigenvalue weighted by Gasteiger charge is -2.12. The molecule has 4 nitrogen and oxygen atoms in total. The minimum absolute atomic E-state index is 0.0983. The van der Waals surface area contributed by atoms with Gasteiger partial charge in [-0.25, -0.2) is 4.79 Å². The van der Waals surface area contributed by atoms with Gasteiger partial charge in [0.05, 0.1) is 4.83 Å². The fourth-order valence-corrected chi connectivity index (χ4v) is 2.11. The number of ketones is 1. The fourth-order valence-electron chi connectivity index (χ4n) is 1.32. The van der Waals surface area contributed by atoms with E-state index < -0.39 is 16.9 Å². The smallest absolute Gasteiger partial charge is 0.337 e. The van der Waals surface area contributed by atoms with Gasteiger partial charge in [-0.2, -0.15) is 0 Å². The highest BCUT2D eigenvalue weighted by molar-refractivity contribution is 9.10. The number of hydrogen-bond donors (Lipinski definition) is 2. The molecule has 0 spiro atoms. The van der Waals surface area contributed by atoms with E-state index in [4.69, 9.17) is 5.11 Å². The zero-order chi connectivity index (χ0) is 13.2. The number of carbonyl (C=O) groups is 2. The molecule has 0 fully saturated rings. The van der Waals surface area contributed by atoms with Crippen LogP contribution >= 0.6 is 31.9 Å². The van der Waals surface area contributed by atoms with E-state index >= 15 is 0 Å². The summed E-state index contributed by atoms with van der Waals surface area (Å²) in [5, 5.41) is 18.2. The topological polar surface area (TPSA) is 74.6 Å². The van der Waals surface area contributed by atoms with E-state index in [1.807, 2.05) is 0 Å². The molecule has 2 atom stereocenters. The van der Waals surface area contributed by atoms with E-state index in [0.29, 0.717) is 10.0 Å². The van der Waals surface area contributed by atoms with Crippen LogP contribution in [0.1, 0.15) is 29.0 Å². The van der Waals surface area contributed by atoms with Crippen molar-refractivity contribution >= 4 is 43.6 Å². The van der Waals surface area contributed by atoms with Crippen LogP contribution in [0.15, 0.2) is 22.7 Å². The predicted molar refractivity (Wildman–Crippen MR) is 69.1 cm³/mol. The quantitative estimate of drug-likeness (QED) is 0.804. The van der Waals surface area contributed by atoms with Gasteiger partial charge in [-0.3, -0.25) is 4.79 Å². The van der Waals surface area contributed by atoms with Crippen LogP contribution in [-0.2, 0) is 9.59 Å². The standard InChI is InChI=1S/C11H10Br2O4/c1-5(14)9(13)6-2-7(4-8(12)3-6)10(15)11(16)17/h2-4,9-10,15H,1H3,(H,16,17). The summed E-state index contributed by atoms with van der Waals surface area (Å²) in [5.74, 6) is -1.43. The lowest BCUT2D eigenvalue weighted by molar-refractivity contribution is -0.146. The monoisotopic (exact) mass is 364 g/mol. The number of aliphatic carboxylic acids is 1. The SMILES string of the molecule is CC(=O)C(Br)c1cc(Br)cc(C(O)C(=O)O)c1. The first-order chi connectivity index (χ1) is 7.82. The molecule has 0 aliphatic carbocycles. The maximum atomic E-state index is 11.2. The summed E-state index contributed by atoms with van der Waals surface area (Å²) in [6.07, 6.45) is -1.60. The van der Waals surface area contributed by atoms with Crippen molar-refractivity contribution in [3.8, 4) is 0 Å². The Morgan fingerprint density at radius 1 is 1.24 bits per heavy atom. The molecule has 1 aromatic carbocycles. The van der Waals surface area contributed by atoms with Crippen LogP contribution in [0.5, 0.6) is 0 Å². The molecular formula is C11H10Br2O4. The van der Waals surface area contributed by atoms with E-state index in [2.05, 4.69) is 31.9 Å². The van der Waals surface area contributed by atoms with Crippen LogP contribution in [0.3, 0.4) is 0 Å². The molecule has 0 bridgehead atoms. The Bertz CT molecular complexity index is 421. The van der Waals surface area contributed by atoms with Gasteiger partial charge in [0, 0.05) is 4.47 Å². The van der Waals surface area contributed by atoms with Crippen molar-refractivity contribution in [1.82, 2.24) is 0 Å². The third kappa shape index (κ3) is 3.62. The van der Waals surface area contributed by atoms with Crippen molar-refractivity contribution in [2.75, 3.05) is 0 Å². The maximum Gasteiger partial charge on any atom is 0.337 e. The number of rotatable bonds is 4. The number of Topliss-reactive ketones (excluding diaryl/α,β-unsaturated/α-hetero) is 1. The van der Waals surface area contributed by atoms with Gasteiger partial charge in [0.1, 0.15) is 5.78 Å². The Morgan fingerprint density at radius 3 is 2.24 bits per heavy atom. The number of aliphatic hydroxyl groups excluding tert-OH is 1. The minimum Gasteiger partial charge on any atom is -0.479 e. The molecule has 0 aliphatic heterocycles. The Morgan fingerprint density at radius 2 is 1.76 bits per heavy atom. The molecule has 0 amide bonds. The summed E-state index contributed by atoms with van der Waals surface area (Å²) < 4.78 is 0.607. The zero-order valence-corrected chi connectivity index (χ0v) is 12.0. The number of benzene rings is 1. The first-order valence-corrected chi connectivity index (χ1v) is 6.39. The number of carboxylic acids is 1. The average molecular weight is 366 g/mol. The summed E-state index contributed by atoms with van der Waals surface area (Å²) in [7, 11) is 0. The van der Waals surface area contributed by atoms with Gasteiger partial charge in [0.2, 0.25) is 0 Å². The maximum absolute atomic E-state index is 11.2. The fraction of sp³-hybridized carbons (Fsp3) is 0.273. The minimum atomic E-state index is -1.60. The molecule has 1 aromatic rings. The van der Waals surface area contributed by atoms with Crippen molar-refractivity contribution in [3.63, 3.8) is 0 Å². The molecule has 6 heteroatoms. The van der Waals surface area contributed by atoms with E-state index in [1.165, 1.54) is 19.1 Å². The van der Waals surface area contributed by atoms with E-state index in [0.717, 1.165) is 0 Å². The van der Waals surface area contributed by atoms with Gasteiger partial charge in [-0.1, -0.05) is 37.9 Å². The molecule has 0 saturated carbocycles. The molecule has 0 heterocycles. The van der Waals surface area contributed by atoms with Gasteiger partial charge in [-0.05, 0) is 30.2 Å². The highest BCUT2D eigenvalue weighted by atomic mass is 79.9. The van der Waals surface area contributed by atoms with E-state index in [1.54, 1.807) is 6.07 Å². The summed E-state index contributed by atoms with van der Waals surface area (Å²) in [5.41, 5.74) is 0.828. The molecular weight excluding hydrogens is 356 g/mol. The number of carboxylic acid groups (broad SMARTS) is 1. The molecule has 2 N–H and O–H groups in total. The second-order valence-corrected chi connectivity index (χ2v) is 5.36. The van der Waals surface area contributed by atoms with Crippen LogP contribution in [0.4, 0.5) is 0 Å². The lowest BCUT2D eigenvalue weighted by atomic mass is 10.0. The number of alkyl halides is 1. The van der Waals surface area contributed by atoms with E-state index in [-0.39, 0.29) is 11.3 Å². The van der Waals surface area contributed by atoms with Crippen LogP contribution in [0.2, 0.25) is 0 Å². The van der Waals surface area contributed by atoms with Gasteiger partial charge >= 0.3 is 5.97 Å². The van der Waals surface area contributed by atoms with E-state index in [9.17, 15) is 14.7 Å². The molecule has 92 valence electrons. The van der Waals surface area contributed by atoms with Gasteiger partial charge in [-0.15, -0.1) is 0 Å². The molecule has 1 rings (SSSR count). The first kappa shape index (κ1) is 14.3. The van der Waals surface area contributed by atoms with Gasteiger partial charge in [0.25, 0.3) is 0 Å².